The van der Waals surface area contributed by atoms with Gasteiger partial charge in [0.2, 0.25) is 0 Å². The van der Waals surface area contributed by atoms with E-state index in [1.807, 2.05) is 0 Å². The third-order valence-electron chi connectivity index (χ3n) is 4.54. The number of carbonyl (C=O) groups is 2. The zero-order chi connectivity index (χ0) is 18.2. The number of hydrogen-bond donors (Lipinski definition) is 0. The van der Waals surface area contributed by atoms with Crippen LogP contribution in [0.1, 0.15) is 33.2 Å². The molecular formula is C19H19NO5. The van der Waals surface area contributed by atoms with Crippen LogP contribution in [0.25, 0.3) is 0 Å². The molecule has 0 aliphatic carbocycles. The highest BCUT2D eigenvalue weighted by molar-refractivity contribution is 6.21. The van der Waals surface area contributed by atoms with Gasteiger partial charge in [-0.05, 0) is 31.2 Å². The SMILES string of the molecule is COc1ccc(C(C)(OC)N2C(=O)c3ccccc3C2=O)cc1OC. The number of fused-ring (bicyclic) bond motifs is 1. The van der Waals surface area contributed by atoms with Gasteiger partial charge in [0.05, 0.1) is 25.3 Å². The van der Waals surface area contributed by atoms with Gasteiger partial charge in [0.1, 0.15) is 0 Å². The van der Waals surface area contributed by atoms with E-state index >= 15 is 0 Å². The van der Waals surface area contributed by atoms with E-state index in [4.69, 9.17) is 14.2 Å². The van der Waals surface area contributed by atoms with Crippen molar-refractivity contribution in [2.24, 2.45) is 0 Å². The number of carbonyl (C=O) groups excluding carboxylic acids is 2. The summed E-state index contributed by atoms with van der Waals surface area (Å²) in [5, 5.41) is 0. The Morgan fingerprint density at radius 3 is 1.88 bits per heavy atom. The lowest BCUT2D eigenvalue weighted by atomic mass is 10.0. The summed E-state index contributed by atoms with van der Waals surface area (Å²) in [7, 11) is 4.52. The van der Waals surface area contributed by atoms with Crippen molar-refractivity contribution in [2.75, 3.05) is 21.3 Å². The van der Waals surface area contributed by atoms with E-state index in [2.05, 4.69) is 0 Å². The maximum Gasteiger partial charge on any atom is 0.264 e. The van der Waals surface area contributed by atoms with Gasteiger partial charge in [0.25, 0.3) is 11.8 Å². The molecule has 6 nitrogen and oxygen atoms in total. The van der Waals surface area contributed by atoms with E-state index in [0.717, 1.165) is 4.90 Å². The molecule has 0 spiro atoms. The van der Waals surface area contributed by atoms with E-state index in [0.29, 0.717) is 28.2 Å². The van der Waals surface area contributed by atoms with Crippen molar-refractivity contribution in [2.45, 2.75) is 12.6 Å². The minimum Gasteiger partial charge on any atom is -0.493 e. The summed E-state index contributed by atoms with van der Waals surface area (Å²) in [6, 6.07) is 11.9. The summed E-state index contributed by atoms with van der Waals surface area (Å²) in [6.45, 7) is 1.68. The first-order chi connectivity index (χ1) is 12.0. The Balaban J connectivity index is 2.11. The normalized spacial score (nSPS) is 15.8. The van der Waals surface area contributed by atoms with E-state index in [1.54, 1.807) is 49.4 Å². The number of rotatable bonds is 5. The van der Waals surface area contributed by atoms with Crippen molar-refractivity contribution in [3.05, 3.63) is 59.2 Å². The fraction of sp³-hybridized carbons (Fsp3) is 0.263. The van der Waals surface area contributed by atoms with Gasteiger partial charge in [0.15, 0.2) is 17.2 Å². The summed E-state index contributed by atoms with van der Waals surface area (Å²) in [5.74, 6) is 0.256. The molecule has 0 bridgehead atoms. The first-order valence-corrected chi connectivity index (χ1v) is 7.73. The van der Waals surface area contributed by atoms with Gasteiger partial charge < -0.3 is 14.2 Å². The molecule has 0 aromatic heterocycles. The molecule has 2 amide bonds. The number of imide groups is 1. The fourth-order valence-corrected chi connectivity index (χ4v) is 3.04. The molecule has 2 aromatic carbocycles. The van der Waals surface area contributed by atoms with Gasteiger partial charge in [0, 0.05) is 12.7 Å². The lowest BCUT2D eigenvalue weighted by molar-refractivity contribution is -0.0907. The molecule has 6 heteroatoms. The van der Waals surface area contributed by atoms with Gasteiger partial charge in [-0.15, -0.1) is 0 Å². The van der Waals surface area contributed by atoms with Crippen LogP contribution in [0.4, 0.5) is 0 Å². The zero-order valence-electron chi connectivity index (χ0n) is 14.5. The lowest BCUT2D eigenvalue weighted by Crippen LogP contribution is -2.48. The standard InChI is InChI=1S/C19H19NO5/c1-19(25-4,12-9-10-15(23-2)16(11-12)24-3)20-17(21)13-7-5-6-8-14(13)18(20)22/h5-11H,1-4H3. The molecule has 0 radical (unpaired) electrons. The molecule has 2 aromatic rings. The summed E-state index contributed by atoms with van der Waals surface area (Å²) in [5.41, 5.74) is 0.0573. The Morgan fingerprint density at radius 2 is 1.40 bits per heavy atom. The molecule has 1 aliphatic rings. The number of methoxy groups -OCH3 is 3. The maximum atomic E-state index is 12.8. The van der Waals surface area contributed by atoms with Gasteiger partial charge in [-0.3, -0.25) is 9.59 Å². The minimum atomic E-state index is -1.28. The first-order valence-electron chi connectivity index (χ1n) is 7.73. The Bertz CT molecular complexity index is 812. The highest BCUT2D eigenvalue weighted by atomic mass is 16.5. The van der Waals surface area contributed by atoms with Gasteiger partial charge in [-0.1, -0.05) is 18.2 Å². The van der Waals surface area contributed by atoms with Crippen LogP contribution >= 0.6 is 0 Å². The maximum absolute atomic E-state index is 12.8. The Kier molecular flexibility index (Phi) is 4.22. The van der Waals surface area contributed by atoms with Crippen molar-refractivity contribution in [3.8, 4) is 11.5 Å². The number of ether oxygens (including phenoxy) is 3. The average Bonchev–Trinajstić information content (AvgIpc) is 2.92. The quantitative estimate of drug-likeness (QED) is 0.783. The Morgan fingerprint density at radius 1 is 0.840 bits per heavy atom. The van der Waals surface area contributed by atoms with E-state index in [9.17, 15) is 9.59 Å². The first kappa shape index (κ1) is 17.0. The van der Waals surface area contributed by atoms with Crippen LogP contribution in [0.15, 0.2) is 42.5 Å². The summed E-state index contributed by atoms with van der Waals surface area (Å²) in [6.07, 6.45) is 0. The van der Waals surface area contributed by atoms with Crippen LogP contribution in [-0.2, 0) is 10.5 Å². The molecule has 1 heterocycles. The van der Waals surface area contributed by atoms with Crippen molar-refractivity contribution in [3.63, 3.8) is 0 Å². The second-order valence-corrected chi connectivity index (χ2v) is 5.75. The molecule has 0 saturated heterocycles. The highest BCUT2D eigenvalue weighted by Crippen LogP contribution is 2.39. The van der Waals surface area contributed by atoms with Crippen molar-refractivity contribution >= 4 is 11.8 Å². The van der Waals surface area contributed by atoms with Crippen molar-refractivity contribution in [1.29, 1.82) is 0 Å². The summed E-state index contributed by atoms with van der Waals surface area (Å²) < 4.78 is 16.2. The number of hydrogen-bond acceptors (Lipinski definition) is 5. The van der Waals surface area contributed by atoms with Crippen LogP contribution < -0.4 is 9.47 Å². The second-order valence-electron chi connectivity index (χ2n) is 5.75. The zero-order valence-corrected chi connectivity index (χ0v) is 14.5. The van der Waals surface area contributed by atoms with Crippen LogP contribution in [-0.4, -0.2) is 38.0 Å². The third-order valence-corrected chi connectivity index (χ3v) is 4.54. The lowest BCUT2D eigenvalue weighted by Gasteiger charge is -2.36. The summed E-state index contributed by atoms with van der Waals surface area (Å²) in [4.78, 5) is 26.8. The second kappa shape index (κ2) is 6.22. The van der Waals surface area contributed by atoms with Gasteiger partial charge in [-0.2, -0.15) is 0 Å². The average molecular weight is 341 g/mol. The molecule has 0 saturated carbocycles. The van der Waals surface area contributed by atoms with Crippen LogP contribution in [0.5, 0.6) is 11.5 Å². The third kappa shape index (κ3) is 2.46. The molecule has 0 N–H and O–H groups in total. The van der Waals surface area contributed by atoms with Crippen LogP contribution in [0.2, 0.25) is 0 Å². The predicted molar refractivity (Wildman–Crippen MR) is 90.8 cm³/mol. The molecule has 25 heavy (non-hydrogen) atoms. The van der Waals surface area contributed by atoms with Gasteiger partial charge in [-0.25, -0.2) is 4.90 Å². The topological polar surface area (TPSA) is 65.1 Å². The molecule has 1 atom stereocenters. The minimum absolute atomic E-state index is 0.372. The predicted octanol–water partition coefficient (Wildman–Crippen LogP) is 2.82. The largest absolute Gasteiger partial charge is 0.493 e. The molecular weight excluding hydrogens is 322 g/mol. The number of benzene rings is 2. The van der Waals surface area contributed by atoms with E-state index in [1.165, 1.54) is 21.3 Å². The van der Waals surface area contributed by atoms with Gasteiger partial charge >= 0.3 is 0 Å². The van der Waals surface area contributed by atoms with Crippen LogP contribution in [0.3, 0.4) is 0 Å². The molecule has 1 unspecified atom stereocenters. The Labute approximate surface area is 145 Å². The van der Waals surface area contributed by atoms with Crippen LogP contribution in [0, 0.1) is 0 Å². The van der Waals surface area contributed by atoms with Crippen molar-refractivity contribution in [1.82, 2.24) is 4.90 Å². The van der Waals surface area contributed by atoms with Crippen molar-refractivity contribution < 1.29 is 23.8 Å². The monoisotopic (exact) mass is 341 g/mol. The number of amides is 2. The van der Waals surface area contributed by atoms with E-state index < -0.39 is 5.72 Å². The molecule has 130 valence electrons. The number of nitrogens with zero attached hydrogens (tertiary/aromatic N) is 1. The Hall–Kier alpha value is -2.86. The molecule has 1 aliphatic heterocycles. The molecule has 0 fully saturated rings. The smallest absolute Gasteiger partial charge is 0.264 e. The highest BCUT2D eigenvalue weighted by Gasteiger charge is 2.48. The summed E-state index contributed by atoms with van der Waals surface area (Å²) >= 11 is 0. The fourth-order valence-electron chi connectivity index (χ4n) is 3.04. The molecule has 3 rings (SSSR count). The van der Waals surface area contributed by atoms with E-state index in [-0.39, 0.29) is 11.8 Å².